The number of aromatic nitrogens is 4. The number of benzene rings is 1. The highest BCUT2D eigenvalue weighted by Crippen LogP contribution is 2.13. The zero-order valence-corrected chi connectivity index (χ0v) is 16.5. The van der Waals surface area contributed by atoms with E-state index in [0.717, 1.165) is 23.6 Å². The van der Waals surface area contributed by atoms with Crippen molar-refractivity contribution in [1.29, 1.82) is 0 Å². The van der Waals surface area contributed by atoms with Gasteiger partial charge in [-0.15, -0.1) is 0 Å². The summed E-state index contributed by atoms with van der Waals surface area (Å²) in [7, 11) is -3.46. The fourth-order valence-corrected chi connectivity index (χ4v) is 3.12. The molecule has 0 amide bonds. The van der Waals surface area contributed by atoms with Crippen LogP contribution in [0.4, 0.5) is 10.2 Å². The van der Waals surface area contributed by atoms with Crippen LogP contribution in [0.2, 0.25) is 5.28 Å². The first kappa shape index (κ1) is 20.1. The number of anilines is 1. The van der Waals surface area contributed by atoms with Crippen LogP contribution >= 0.6 is 11.6 Å². The predicted molar refractivity (Wildman–Crippen MR) is 103 cm³/mol. The number of aryl methyl sites for hydroxylation is 2. The van der Waals surface area contributed by atoms with E-state index in [-0.39, 0.29) is 16.1 Å². The van der Waals surface area contributed by atoms with Crippen LogP contribution in [0.5, 0.6) is 0 Å². The number of rotatable bonds is 7. The summed E-state index contributed by atoms with van der Waals surface area (Å²) >= 11 is 5.70. The Kier molecular flexibility index (Phi) is 6.15. The van der Waals surface area contributed by atoms with Crippen LogP contribution < -0.4 is 5.32 Å². The van der Waals surface area contributed by atoms with Gasteiger partial charge in [-0.1, -0.05) is 24.3 Å². The molecule has 2 aromatic heterocycles. The van der Waals surface area contributed by atoms with E-state index < -0.39 is 15.7 Å². The summed E-state index contributed by atoms with van der Waals surface area (Å²) in [6.07, 6.45) is 4.56. The van der Waals surface area contributed by atoms with Gasteiger partial charge in [0.1, 0.15) is 5.82 Å². The van der Waals surface area contributed by atoms with Crippen molar-refractivity contribution in [3.05, 3.63) is 70.6 Å². The molecule has 0 aliphatic heterocycles. The minimum atomic E-state index is -3.46. The van der Waals surface area contributed by atoms with Crippen LogP contribution in [0, 0.1) is 5.82 Å². The Bertz CT molecular complexity index is 1080. The van der Waals surface area contributed by atoms with Gasteiger partial charge in [-0.25, -0.2) is 32.7 Å². The van der Waals surface area contributed by atoms with Crippen molar-refractivity contribution in [1.82, 2.24) is 19.9 Å². The number of hydrogen-bond acceptors (Lipinski definition) is 7. The van der Waals surface area contributed by atoms with Gasteiger partial charge in [0.25, 0.3) is 0 Å². The third-order valence-electron chi connectivity index (χ3n) is 3.90. The molecule has 1 aromatic carbocycles. The molecule has 3 aromatic rings. The molecule has 0 bridgehead atoms. The first-order valence-electron chi connectivity index (χ1n) is 8.33. The fourth-order valence-electron chi connectivity index (χ4n) is 2.45. The highest BCUT2D eigenvalue weighted by atomic mass is 35.5. The normalized spacial score (nSPS) is 11.4. The SMILES string of the molecule is CS(=O)(=O)c1nccc(NCc2ccc(CCc3nc(Cl)ncc3F)cc2)n1. The van der Waals surface area contributed by atoms with Crippen LogP contribution in [0.1, 0.15) is 16.8 Å². The highest BCUT2D eigenvalue weighted by Gasteiger charge is 2.11. The van der Waals surface area contributed by atoms with E-state index in [9.17, 15) is 12.8 Å². The maximum atomic E-state index is 13.7. The average molecular weight is 422 g/mol. The zero-order chi connectivity index (χ0) is 20.1. The largest absolute Gasteiger partial charge is 0.366 e. The molecule has 0 fully saturated rings. The van der Waals surface area contributed by atoms with Crippen LogP contribution in [-0.4, -0.2) is 34.6 Å². The lowest BCUT2D eigenvalue weighted by Gasteiger charge is -2.08. The summed E-state index contributed by atoms with van der Waals surface area (Å²) < 4.78 is 36.7. The molecule has 7 nitrogen and oxygen atoms in total. The van der Waals surface area contributed by atoms with Crippen molar-refractivity contribution in [2.75, 3.05) is 11.6 Å². The molecular weight excluding hydrogens is 405 g/mol. The van der Waals surface area contributed by atoms with E-state index in [0.29, 0.717) is 25.2 Å². The van der Waals surface area contributed by atoms with Gasteiger partial charge in [-0.05, 0) is 41.6 Å². The van der Waals surface area contributed by atoms with Crippen molar-refractivity contribution >= 4 is 27.3 Å². The second kappa shape index (κ2) is 8.57. The Morgan fingerprint density at radius 2 is 1.75 bits per heavy atom. The van der Waals surface area contributed by atoms with Crippen molar-refractivity contribution in [3.8, 4) is 0 Å². The molecule has 146 valence electrons. The average Bonchev–Trinajstić information content (AvgIpc) is 2.67. The summed E-state index contributed by atoms with van der Waals surface area (Å²) in [5.41, 5.74) is 2.30. The molecule has 1 N–H and O–H groups in total. The molecular formula is C18H17ClFN5O2S. The molecule has 10 heteroatoms. The molecule has 0 aliphatic rings. The van der Waals surface area contributed by atoms with Crippen molar-refractivity contribution in [2.45, 2.75) is 24.5 Å². The molecule has 0 unspecified atom stereocenters. The summed E-state index contributed by atoms with van der Waals surface area (Å²) in [5, 5.41) is 2.88. The molecule has 0 saturated heterocycles. The quantitative estimate of drug-likeness (QED) is 0.585. The third-order valence-corrected chi connectivity index (χ3v) is 4.94. The van der Waals surface area contributed by atoms with E-state index in [1.165, 1.54) is 6.20 Å². The van der Waals surface area contributed by atoms with Crippen LogP contribution in [0.25, 0.3) is 0 Å². The molecule has 2 heterocycles. The minimum Gasteiger partial charge on any atom is -0.366 e. The van der Waals surface area contributed by atoms with Gasteiger partial charge in [0, 0.05) is 19.0 Å². The first-order valence-corrected chi connectivity index (χ1v) is 10.6. The predicted octanol–water partition coefficient (Wildman–Crippen LogP) is 2.86. The van der Waals surface area contributed by atoms with Crippen LogP contribution in [0.3, 0.4) is 0 Å². The highest BCUT2D eigenvalue weighted by molar-refractivity contribution is 7.90. The molecule has 0 spiro atoms. The first-order chi connectivity index (χ1) is 13.3. The van der Waals surface area contributed by atoms with Gasteiger partial charge in [0.05, 0.1) is 11.9 Å². The van der Waals surface area contributed by atoms with Gasteiger partial charge >= 0.3 is 0 Å². The molecule has 0 radical (unpaired) electrons. The van der Waals surface area contributed by atoms with E-state index in [4.69, 9.17) is 11.6 Å². The third kappa shape index (κ3) is 5.43. The maximum Gasteiger partial charge on any atom is 0.248 e. The van der Waals surface area contributed by atoms with Crippen LogP contribution in [-0.2, 0) is 29.2 Å². The van der Waals surface area contributed by atoms with Gasteiger partial charge in [0.2, 0.25) is 20.3 Å². The summed E-state index contributed by atoms with van der Waals surface area (Å²) in [6.45, 7) is 0.469. The number of nitrogens with one attached hydrogen (secondary N) is 1. The van der Waals surface area contributed by atoms with Crippen molar-refractivity contribution < 1.29 is 12.8 Å². The molecule has 0 saturated carbocycles. The van der Waals surface area contributed by atoms with Crippen molar-refractivity contribution in [3.63, 3.8) is 0 Å². The second-order valence-electron chi connectivity index (χ2n) is 6.10. The smallest absolute Gasteiger partial charge is 0.248 e. The summed E-state index contributed by atoms with van der Waals surface area (Å²) in [4.78, 5) is 15.2. The number of nitrogens with zero attached hydrogens (tertiary/aromatic N) is 4. The fraction of sp³-hybridized carbons (Fsp3) is 0.222. The second-order valence-corrected chi connectivity index (χ2v) is 8.35. The lowest BCUT2D eigenvalue weighted by molar-refractivity contribution is 0.589. The zero-order valence-electron chi connectivity index (χ0n) is 14.9. The Hall–Kier alpha value is -2.65. The monoisotopic (exact) mass is 421 g/mol. The van der Waals surface area contributed by atoms with Gasteiger partial charge in [0.15, 0.2) is 5.82 Å². The van der Waals surface area contributed by atoms with Gasteiger partial charge in [-0.2, -0.15) is 0 Å². The van der Waals surface area contributed by atoms with E-state index >= 15 is 0 Å². The molecule has 3 rings (SSSR count). The van der Waals surface area contributed by atoms with Crippen molar-refractivity contribution in [2.24, 2.45) is 0 Å². The van der Waals surface area contributed by atoms with Gasteiger partial charge in [-0.3, -0.25) is 0 Å². The summed E-state index contributed by atoms with van der Waals surface area (Å²) in [6, 6.07) is 9.36. The lowest BCUT2D eigenvalue weighted by atomic mass is 10.1. The maximum absolute atomic E-state index is 13.7. The molecule has 28 heavy (non-hydrogen) atoms. The topological polar surface area (TPSA) is 97.7 Å². The van der Waals surface area contributed by atoms with Crippen LogP contribution in [0.15, 0.2) is 47.9 Å². The molecule has 0 aliphatic carbocycles. The Labute approximate surface area is 167 Å². The van der Waals surface area contributed by atoms with E-state index in [1.54, 1.807) is 6.07 Å². The van der Waals surface area contributed by atoms with E-state index in [2.05, 4.69) is 25.3 Å². The number of halogens is 2. The molecule has 0 atom stereocenters. The van der Waals surface area contributed by atoms with E-state index in [1.807, 2.05) is 24.3 Å². The van der Waals surface area contributed by atoms with Gasteiger partial charge < -0.3 is 5.32 Å². The summed E-state index contributed by atoms with van der Waals surface area (Å²) in [5.74, 6) is -0.0425. The standard InChI is InChI=1S/C18H17ClFN5O2S/c1-28(26,27)18-21-9-8-16(25-18)22-10-13-4-2-12(3-5-13)6-7-15-14(20)11-23-17(19)24-15/h2-5,8-9,11H,6-7,10H2,1H3,(H,21,22,25). The Morgan fingerprint density at radius 1 is 1.04 bits per heavy atom. The Balaban J connectivity index is 1.58. The number of hydrogen-bond donors (Lipinski definition) is 1. The lowest BCUT2D eigenvalue weighted by Crippen LogP contribution is -2.07. The Morgan fingerprint density at radius 3 is 2.46 bits per heavy atom. The number of sulfone groups is 1. The minimum absolute atomic E-state index is 0.0292.